The number of morpholine rings is 1. The Balaban J connectivity index is 1.66. The zero-order valence-electron chi connectivity index (χ0n) is 14.6. The van der Waals surface area contributed by atoms with E-state index in [0.29, 0.717) is 23.8 Å². The molecule has 2 atom stereocenters. The van der Waals surface area contributed by atoms with Crippen molar-refractivity contribution >= 4 is 17.6 Å². The Labute approximate surface area is 147 Å². The van der Waals surface area contributed by atoms with E-state index >= 15 is 0 Å². The van der Waals surface area contributed by atoms with Gasteiger partial charge in [0.05, 0.1) is 20.6 Å². The molecule has 2 aliphatic heterocycles. The third kappa shape index (κ3) is 3.87. The second-order valence-corrected chi connectivity index (χ2v) is 6.36. The molecule has 1 aromatic carbocycles. The zero-order valence-corrected chi connectivity index (χ0v) is 14.6. The van der Waals surface area contributed by atoms with Gasteiger partial charge in [0.2, 0.25) is 5.91 Å². The molecule has 136 valence electrons. The number of piperidine rings is 1. The maximum absolute atomic E-state index is 12.4. The van der Waals surface area contributed by atoms with Crippen molar-refractivity contribution in [2.45, 2.75) is 37.8 Å². The first-order valence-electron chi connectivity index (χ1n) is 8.56. The molecule has 1 amide bonds. The van der Waals surface area contributed by atoms with Gasteiger partial charge in [-0.05, 0) is 31.5 Å². The molecule has 0 unspecified atom stereocenters. The normalized spacial score (nSPS) is 23.4. The van der Waals surface area contributed by atoms with Crippen molar-refractivity contribution in [1.82, 2.24) is 4.90 Å². The largest absolute Gasteiger partial charge is 0.493 e. The molecule has 2 heterocycles. The van der Waals surface area contributed by atoms with Crippen molar-refractivity contribution < 1.29 is 23.8 Å². The number of ether oxygens (including phenoxy) is 3. The lowest BCUT2D eigenvalue weighted by molar-refractivity contribution is -0.165. The summed E-state index contributed by atoms with van der Waals surface area (Å²) in [5, 5.41) is 2.82. The molecule has 1 N–H and O–H groups in total. The minimum absolute atomic E-state index is 0.0870. The lowest BCUT2D eigenvalue weighted by Crippen LogP contribution is -2.57. The van der Waals surface area contributed by atoms with E-state index in [4.69, 9.17) is 14.2 Å². The van der Waals surface area contributed by atoms with Gasteiger partial charge >= 0.3 is 5.97 Å². The lowest BCUT2D eigenvalue weighted by Gasteiger charge is -2.43. The number of carbonyl (C=O) groups is 2. The highest BCUT2D eigenvalue weighted by atomic mass is 16.5. The predicted octanol–water partition coefficient (Wildman–Crippen LogP) is 1.81. The number of rotatable bonds is 5. The number of hydrogen-bond acceptors (Lipinski definition) is 6. The van der Waals surface area contributed by atoms with Gasteiger partial charge in [-0.25, -0.2) is 0 Å². The molecule has 7 nitrogen and oxygen atoms in total. The number of fused-ring (bicyclic) bond motifs is 1. The molecule has 1 aromatic rings. The summed E-state index contributed by atoms with van der Waals surface area (Å²) >= 11 is 0. The third-order valence-corrected chi connectivity index (χ3v) is 4.81. The van der Waals surface area contributed by atoms with E-state index in [1.54, 1.807) is 25.3 Å². The van der Waals surface area contributed by atoms with Crippen LogP contribution in [0, 0.1) is 0 Å². The summed E-state index contributed by atoms with van der Waals surface area (Å²) in [6, 6.07) is 4.90. The Morgan fingerprint density at radius 3 is 2.84 bits per heavy atom. The number of hydrogen-bond donors (Lipinski definition) is 1. The molecule has 0 spiro atoms. The third-order valence-electron chi connectivity index (χ3n) is 4.81. The zero-order chi connectivity index (χ0) is 17.8. The smallest absolute Gasteiger partial charge is 0.323 e. The van der Waals surface area contributed by atoms with Crippen LogP contribution in [0.1, 0.15) is 25.7 Å². The first kappa shape index (κ1) is 17.5. The molecule has 0 bridgehead atoms. The number of nitrogens with zero attached hydrogens (tertiary/aromatic N) is 1. The van der Waals surface area contributed by atoms with Gasteiger partial charge < -0.3 is 19.5 Å². The number of methoxy groups -OCH3 is 2. The standard InChI is InChI=1S/C18H24N2O5/c1-23-15-7-6-12(9-16(15)24-2)19-17(21)10-14-18(22)25-11-13-5-3-4-8-20(13)14/h6-7,9,13-14H,3-5,8,10-11H2,1-2H3,(H,19,21)/t13-,14-/m0/s1. The molecule has 3 rings (SSSR count). The van der Waals surface area contributed by atoms with E-state index in [0.717, 1.165) is 25.8 Å². The number of anilines is 1. The van der Waals surface area contributed by atoms with Gasteiger partial charge in [-0.1, -0.05) is 6.42 Å². The second kappa shape index (κ2) is 7.74. The topological polar surface area (TPSA) is 77.1 Å². The van der Waals surface area contributed by atoms with Gasteiger partial charge in [0, 0.05) is 17.8 Å². The second-order valence-electron chi connectivity index (χ2n) is 6.36. The van der Waals surface area contributed by atoms with Crippen LogP contribution in [0.5, 0.6) is 11.5 Å². The number of amides is 1. The minimum Gasteiger partial charge on any atom is -0.493 e. The highest BCUT2D eigenvalue weighted by Gasteiger charge is 2.40. The molecule has 2 aliphatic rings. The number of carbonyl (C=O) groups excluding carboxylic acids is 2. The Morgan fingerprint density at radius 1 is 1.28 bits per heavy atom. The summed E-state index contributed by atoms with van der Waals surface area (Å²) in [5.41, 5.74) is 0.599. The minimum atomic E-state index is -0.501. The van der Waals surface area contributed by atoms with Crippen molar-refractivity contribution in [1.29, 1.82) is 0 Å². The highest BCUT2D eigenvalue weighted by molar-refractivity contribution is 5.94. The summed E-state index contributed by atoms with van der Waals surface area (Å²) in [7, 11) is 3.10. The maximum Gasteiger partial charge on any atom is 0.323 e. The molecule has 0 aromatic heterocycles. The van der Waals surface area contributed by atoms with Crippen LogP contribution in [0.3, 0.4) is 0 Å². The Kier molecular flexibility index (Phi) is 5.43. The summed E-state index contributed by atoms with van der Waals surface area (Å²) in [4.78, 5) is 26.7. The van der Waals surface area contributed by atoms with Gasteiger partial charge in [-0.3, -0.25) is 14.5 Å². The average molecular weight is 348 g/mol. The van der Waals surface area contributed by atoms with Crippen molar-refractivity contribution in [2.24, 2.45) is 0 Å². The molecule has 2 saturated heterocycles. The monoisotopic (exact) mass is 348 g/mol. The van der Waals surface area contributed by atoms with Gasteiger partial charge in [0.25, 0.3) is 0 Å². The first-order chi connectivity index (χ1) is 12.1. The van der Waals surface area contributed by atoms with E-state index in [2.05, 4.69) is 10.2 Å². The molecule has 0 radical (unpaired) electrons. The fourth-order valence-corrected chi connectivity index (χ4v) is 3.52. The molecule has 0 saturated carbocycles. The van der Waals surface area contributed by atoms with Crippen molar-refractivity contribution in [3.05, 3.63) is 18.2 Å². The molecule has 2 fully saturated rings. The van der Waals surface area contributed by atoms with Gasteiger partial charge in [-0.2, -0.15) is 0 Å². The maximum atomic E-state index is 12.4. The Morgan fingerprint density at radius 2 is 2.08 bits per heavy atom. The number of benzene rings is 1. The number of esters is 1. The molecule has 7 heteroatoms. The van der Waals surface area contributed by atoms with Gasteiger partial charge in [-0.15, -0.1) is 0 Å². The van der Waals surface area contributed by atoms with Crippen LogP contribution in [-0.4, -0.2) is 56.2 Å². The van der Waals surface area contributed by atoms with Crippen LogP contribution in [0.2, 0.25) is 0 Å². The van der Waals surface area contributed by atoms with E-state index in [-0.39, 0.29) is 24.3 Å². The molecular formula is C18H24N2O5. The molecular weight excluding hydrogens is 324 g/mol. The summed E-state index contributed by atoms with van der Waals surface area (Å²) in [6.07, 6.45) is 3.30. The lowest BCUT2D eigenvalue weighted by atomic mass is 9.97. The van der Waals surface area contributed by atoms with Crippen molar-refractivity contribution in [3.63, 3.8) is 0 Å². The Hall–Kier alpha value is -2.28. The van der Waals surface area contributed by atoms with Gasteiger partial charge in [0.1, 0.15) is 12.6 Å². The summed E-state index contributed by atoms with van der Waals surface area (Å²) in [6.45, 7) is 1.28. The van der Waals surface area contributed by atoms with E-state index in [9.17, 15) is 9.59 Å². The van der Waals surface area contributed by atoms with E-state index in [1.807, 2.05) is 0 Å². The SMILES string of the molecule is COc1ccc(NC(=O)C[C@H]2C(=O)OC[C@@H]3CCCCN32)cc1OC. The Bertz CT molecular complexity index is 648. The number of cyclic esters (lactones) is 1. The summed E-state index contributed by atoms with van der Waals surface area (Å²) < 4.78 is 15.7. The van der Waals surface area contributed by atoms with Crippen LogP contribution in [-0.2, 0) is 14.3 Å². The van der Waals surface area contributed by atoms with Gasteiger partial charge in [0.15, 0.2) is 11.5 Å². The predicted molar refractivity (Wildman–Crippen MR) is 91.9 cm³/mol. The highest BCUT2D eigenvalue weighted by Crippen LogP contribution is 2.30. The average Bonchev–Trinajstić information content (AvgIpc) is 2.64. The van der Waals surface area contributed by atoms with Crippen LogP contribution in [0.15, 0.2) is 18.2 Å². The van der Waals surface area contributed by atoms with Crippen LogP contribution in [0.25, 0.3) is 0 Å². The number of nitrogens with one attached hydrogen (secondary N) is 1. The van der Waals surface area contributed by atoms with E-state index < -0.39 is 6.04 Å². The first-order valence-corrected chi connectivity index (χ1v) is 8.56. The van der Waals surface area contributed by atoms with Crippen molar-refractivity contribution in [2.75, 3.05) is 32.7 Å². The van der Waals surface area contributed by atoms with Crippen LogP contribution >= 0.6 is 0 Å². The molecule has 0 aliphatic carbocycles. The van der Waals surface area contributed by atoms with E-state index in [1.165, 1.54) is 7.11 Å². The quantitative estimate of drug-likeness (QED) is 0.818. The molecule has 25 heavy (non-hydrogen) atoms. The fraction of sp³-hybridized carbons (Fsp3) is 0.556. The van der Waals surface area contributed by atoms with Crippen LogP contribution in [0.4, 0.5) is 5.69 Å². The fourth-order valence-electron chi connectivity index (χ4n) is 3.52. The summed E-state index contributed by atoms with van der Waals surface area (Å²) in [5.74, 6) is 0.599. The van der Waals surface area contributed by atoms with Crippen molar-refractivity contribution in [3.8, 4) is 11.5 Å². The van der Waals surface area contributed by atoms with Crippen LogP contribution < -0.4 is 14.8 Å².